The summed E-state index contributed by atoms with van der Waals surface area (Å²) in [6, 6.07) is 31.1. The van der Waals surface area contributed by atoms with Crippen LogP contribution in [0.15, 0.2) is 109 Å². The SMILES string of the molecule is C=C/C(=C\C)N(c1ccc2c(c1)C(C)(C)c1ccccc1-2)c1cccc2c1sc1ccccc12. The van der Waals surface area contributed by atoms with Gasteiger partial charge in [0.05, 0.1) is 10.4 Å². The zero-order valence-corrected chi connectivity index (χ0v) is 20.6. The van der Waals surface area contributed by atoms with Crippen LogP contribution in [-0.4, -0.2) is 0 Å². The maximum Gasteiger partial charge on any atom is 0.0640 e. The predicted octanol–water partition coefficient (Wildman–Crippen LogP) is 9.59. The molecule has 2 heteroatoms. The van der Waals surface area contributed by atoms with Gasteiger partial charge in [-0.3, -0.25) is 0 Å². The summed E-state index contributed by atoms with van der Waals surface area (Å²) in [5, 5.41) is 2.62. The predicted molar refractivity (Wildman–Crippen MR) is 149 cm³/mol. The molecular formula is C32H27NS. The van der Waals surface area contributed by atoms with E-state index in [0.717, 1.165) is 11.4 Å². The van der Waals surface area contributed by atoms with Crippen LogP contribution in [0.5, 0.6) is 0 Å². The molecule has 0 saturated heterocycles. The van der Waals surface area contributed by atoms with Gasteiger partial charge in [-0.05, 0) is 59.5 Å². The van der Waals surface area contributed by atoms with Crippen molar-refractivity contribution < 1.29 is 0 Å². The van der Waals surface area contributed by atoms with Gasteiger partial charge in [0, 0.05) is 32.3 Å². The van der Waals surface area contributed by atoms with Crippen molar-refractivity contribution in [3.63, 3.8) is 0 Å². The Morgan fingerprint density at radius 1 is 0.824 bits per heavy atom. The fraction of sp³-hybridized carbons (Fsp3) is 0.125. The van der Waals surface area contributed by atoms with E-state index in [9.17, 15) is 0 Å². The van der Waals surface area contributed by atoms with Crippen LogP contribution in [-0.2, 0) is 5.41 Å². The van der Waals surface area contributed by atoms with E-state index in [1.54, 1.807) is 0 Å². The van der Waals surface area contributed by atoms with Gasteiger partial charge in [-0.25, -0.2) is 0 Å². The number of rotatable bonds is 4. The summed E-state index contributed by atoms with van der Waals surface area (Å²) in [5.41, 5.74) is 8.86. The lowest BCUT2D eigenvalue weighted by molar-refractivity contribution is 0.660. The van der Waals surface area contributed by atoms with Gasteiger partial charge in [0.15, 0.2) is 0 Å². The highest BCUT2D eigenvalue weighted by atomic mass is 32.1. The zero-order valence-electron chi connectivity index (χ0n) is 19.8. The van der Waals surface area contributed by atoms with E-state index in [4.69, 9.17) is 0 Å². The van der Waals surface area contributed by atoms with Crippen molar-refractivity contribution in [2.45, 2.75) is 26.2 Å². The number of hydrogen-bond acceptors (Lipinski definition) is 2. The van der Waals surface area contributed by atoms with Crippen molar-refractivity contribution in [3.8, 4) is 11.1 Å². The summed E-state index contributed by atoms with van der Waals surface area (Å²) in [6.45, 7) is 10.9. The van der Waals surface area contributed by atoms with Crippen molar-refractivity contribution in [1.29, 1.82) is 0 Å². The molecule has 5 aromatic rings. The minimum absolute atomic E-state index is 0.0402. The van der Waals surface area contributed by atoms with Crippen molar-refractivity contribution in [2.75, 3.05) is 4.90 Å². The lowest BCUT2D eigenvalue weighted by Crippen LogP contribution is -2.18. The van der Waals surface area contributed by atoms with Crippen LogP contribution in [0.2, 0.25) is 0 Å². The summed E-state index contributed by atoms with van der Waals surface area (Å²) in [7, 11) is 0. The van der Waals surface area contributed by atoms with Gasteiger partial charge in [0.2, 0.25) is 0 Å². The first-order valence-electron chi connectivity index (χ1n) is 11.8. The van der Waals surface area contributed by atoms with Crippen LogP contribution in [0, 0.1) is 0 Å². The first-order chi connectivity index (χ1) is 16.5. The number of thiophene rings is 1. The van der Waals surface area contributed by atoms with Gasteiger partial charge < -0.3 is 4.90 Å². The highest BCUT2D eigenvalue weighted by molar-refractivity contribution is 7.26. The van der Waals surface area contributed by atoms with E-state index in [1.165, 1.54) is 48.1 Å². The van der Waals surface area contributed by atoms with E-state index in [1.807, 2.05) is 17.4 Å². The molecule has 1 aromatic heterocycles. The Morgan fingerprint density at radius 2 is 1.56 bits per heavy atom. The highest BCUT2D eigenvalue weighted by Gasteiger charge is 2.35. The average Bonchev–Trinajstić information content (AvgIpc) is 3.36. The van der Waals surface area contributed by atoms with Crippen molar-refractivity contribution in [2.24, 2.45) is 0 Å². The van der Waals surface area contributed by atoms with Gasteiger partial charge in [-0.2, -0.15) is 0 Å². The van der Waals surface area contributed by atoms with Crippen molar-refractivity contribution in [1.82, 2.24) is 0 Å². The van der Waals surface area contributed by atoms with Gasteiger partial charge in [0.1, 0.15) is 0 Å². The Hall–Kier alpha value is -3.62. The first-order valence-corrected chi connectivity index (χ1v) is 12.6. The van der Waals surface area contributed by atoms with Gasteiger partial charge >= 0.3 is 0 Å². The molecule has 4 aromatic carbocycles. The van der Waals surface area contributed by atoms with Crippen molar-refractivity contribution >= 4 is 42.9 Å². The molecule has 0 N–H and O–H groups in total. The zero-order chi connectivity index (χ0) is 23.4. The summed E-state index contributed by atoms with van der Waals surface area (Å²) in [6.07, 6.45) is 4.10. The number of nitrogens with zero attached hydrogens (tertiary/aromatic N) is 1. The Labute approximate surface area is 205 Å². The van der Waals surface area contributed by atoms with Crippen LogP contribution in [0.1, 0.15) is 31.9 Å². The molecular weight excluding hydrogens is 430 g/mol. The molecule has 0 aliphatic heterocycles. The molecule has 0 unspecified atom stereocenters. The molecule has 0 saturated carbocycles. The van der Waals surface area contributed by atoms with Gasteiger partial charge in [0.25, 0.3) is 0 Å². The molecule has 0 spiro atoms. The third-order valence-electron chi connectivity index (χ3n) is 7.21. The second kappa shape index (κ2) is 7.72. The molecule has 6 rings (SSSR count). The summed E-state index contributed by atoms with van der Waals surface area (Å²) in [5.74, 6) is 0. The van der Waals surface area contributed by atoms with Crippen molar-refractivity contribution in [3.05, 3.63) is 120 Å². The minimum atomic E-state index is -0.0402. The number of anilines is 2. The second-order valence-corrected chi connectivity index (χ2v) is 10.5. The number of benzene rings is 4. The van der Waals surface area contributed by atoms with Gasteiger partial charge in [-0.15, -0.1) is 11.3 Å². The molecule has 1 heterocycles. The number of allylic oxidation sites excluding steroid dienone is 2. The van der Waals surface area contributed by atoms with E-state index in [-0.39, 0.29) is 5.41 Å². The largest absolute Gasteiger partial charge is 0.309 e. The Balaban J connectivity index is 1.60. The lowest BCUT2D eigenvalue weighted by atomic mass is 9.82. The first kappa shape index (κ1) is 20.9. The van der Waals surface area contributed by atoms with E-state index < -0.39 is 0 Å². The van der Waals surface area contributed by atoms with Crippen LogP contribution in [0.25, 0.3) is 31.3 Å². The third kappa shape index (κ3) is 2.92. The fourth-order valence-corrected chi connectivity index (χ4v) is 6.71. The molecule has 0 radical (unpaired) electrons. The maximum atomic E-state index is 4.15. The van der Waals surface area contributed by atoms with Crippen LogP contribution < -0.4 is 4.90 Å². The number of fused-ring (bicyclic) bond motifs is 6. The molecule has 1 aliphatic rings. The standard InChI is InChI=1S/C32H27NS/c1-5-21(6-2)33(29-16-11-14-26-25-13-8-10-17-30(25)34-31(26)29)22-18-19-24-23-12-7-9-15-27(23)32(3,4)28(24)20-22/h5-20H,1H2,2-4H3/b21-6+. The number of hydrogen-bond donors (Lipinski definition) is 0. The quantitative estimate of drug-likeness (QED) is 0.243. The van der Waals surface area contributed by atoms with Crippen LogP contribution >= 0.6 is 11.3 Å². The molecule has 0 atom stereocenters. The van der Waals surface area contributed by atoms with E-state index in [0.29, 0.717) is 0 Å². The summed E-state index contributed by atoms with van der Waals surface area (Å²) in [4.78, 5) is 2.37. The topological polar surface area (TPSA) is 3.24 Å². The van der Waals surface area contributed by atoms with Gasteiger partial charge in [-0.1, -0.05) is 87.2 Å². The van der Waals surface area contributed by atoms with E-state index >= 15 is 0 Å². The Morgan fingerprint density at radius 3 is 2.38 bits per heavy atom. The average molecular weight is 458 g/mol. The molecule has 34 heavy (non-hydrogen) atoms. The molecule has 1 aliphatic carbocycles. The highest BCUT2D eigenvalue weighted by Crippen LogP contribution is 2.51. The summed E-state index contributed by atoms with van der Waals surface area (Å²) >= 11 is 1.86. The van der Waals surface area contributed by atoms with E-state index in [2.05, 4.69) is 123 Å². The monoisotopic (exact) mass is 457 g/mol. The van der Waals surface area contributed by atoms with Crippen LogP contribution in [0.4, 0.5) is 11.4 Å². The maximum absolute atomic E-state index is 4.15. The smallest absolute Gasteiger partial charge is 0.0640 e. The van der Waals surface area contributed by atoms with Crippen LogP contribution in [0.3, 0.4) is 0 Å². The molecule has 0 fully saturated rings. The molecule has 0 amide bonds. The molecule has 166 valence electrons. The fourth-order valence-electron chi connectivity index (χ4n) is 5.51. The lowest BCUT2D eigenvalue weighted by Gasteiger charge is -2.29. The molecule has 0 bridgehead atoms. The third-order valence-corrected chi connectivity index (χ3v) is 8.42. The minimum Gasteiger partial charge on any atom is -0.309 e. The summed E-state index contributed by atoms with van der Waals surface area (Å²) < 4.78 is 2.61. The Bertz CT molecular complexity index is 1620. The second-order valence-electron chi connectivity index (χ2n) is 9.41. The normalized spacial score (nSPS) is 14.3. The molecule has 1 nitrogen and oxygen atoms in total. The Kier molecular flexibility index (Phi) is 4.75.